The first kappa shape index (κ1) is 54.4. The van der Waals surface area contributed by atoms with Crippen LogP contribution < -0.4 is 55.3 Å². The Morgan fingerprint density at radius 1 is 0.316 bits per heavy atom. The molecule has 10 aromatic rings. The molecule has 2 unspecified atom stereocenters. The molecule has 19 heteroatoms. The zero-order valence-corrected chi connectivity index (χ0v) is 47.1. The molecule has 79 heavy (non-hydrogen) atoms. The summed E-state index contributed by atoms with van der Waals surface area (Å²) in [6, 6.07) is 89.9. The van der Waals surface area contributed by atoms with Crippen molar-refractivity contribution in [1.29, 1.82) is 0 Å². The summed E-state index contributed by atoms with van der Waals surface area (Å²) in [6.45, 7) is 0. The molecule has 0 saturated heterocycles. The molecule has 10 rings (SSSR count). The van der Waals surface area contributed by atoms with Gasteiger partial charge in [0.25, 0.3) is 0 Å². The van der Waals surface area contributed by atoms with Crippen molar-refractivity contribution >= 4 is 41.2 Å². The van der Waals surface area contributed by atoms with Gasteiger partial charge in [0, 0.05) is 0 Å². The fraction of sp³-hybridized carbons (Fsp3) is 0. The van der Waals surface area contributed by atoms with E-state index < -0.39 is 31.8 Å². The normalized spacial score (nSPS) is 12.6. The van der Waals surface area contributed by atoms with Gasteiger partial charge in [0.15, 0.2) is 0 Å². The molecule has 2 atom stereocenters. The Morgan fingerprint density at radius 2 is 0.544 bits per heavy atom. The Balaban J connectivity index is 1.51. The molecular formula is C60H55N4O10P5. The standard InChI is InChI=1S/C60H55N4O10P5/c75-61-76-62-78(69-55-39-19-5-20-40-55,70-56-41-21-6-22-42-56,71-57-43-23-7-24-44-57)64(65-51-31-11-1-12-32-51)79(72-58-45-25-8-26-46-58,73-59-47-27-9-28-48-59,74-60-49-29-10-30-50-60)63-77(66-52-33-13-2-14-34-52,67-53-35-15-3-16-36-53)68-54-37-17-4-18-38-54/h1-50,61-62,76H,75H2. The maximum atomic E-state index is 7.96. The molecule has 2 N–H and O–H groups in total. The summed E-state index contributed by atoms with van der Waals surface area (Å²) in [7, 11) is -15.8. The third kappa shape index (κ3) is 13.3. The number of hydrogen-bond acceptors (Lipinski definition) is 14. The van der Waals surface area contributed by atoms with E-state index in [1.165, 1.54) is 4.60 Å². The summed E-state index contributed by atoms with van der Waals surface area (Å²) in [4.78, 5) is 14.6. The second kappa shape index (κ2) is 25.2. The third-order valence-electron chi connectivity index (χ3n) is 11.0. The Morgan fingerprint density at radius 3 is 0.797 bits per heavy atom. The van der Waals surface area contributed by atoms with E-state index >= 15 is 0 Å². The average molecular weight is 1150 g/mol. The number of para-hydroxylation sites is 10. The molecule has 0 aromatic heterocycles. The van der Waals surface area contributed by atoms with Crippen LogP contribution >= 0.6 is 41.2 Å². The Bertz CT molecular complexity index is 3180. The Hall–Kier alpha value is -7.97. The van der Waals surface area contributed by atoms with E-state index in [0.29, 0.717) is 0 Å². The summed E-state index contributed by atoms with van der Waals surface area (Å²) >= 11 is 0. The number of nitrogens with one attached hydrogen (secondary N) is 2. The third-order valence-corrected chi connectivity index (χ3v) is 23.3. The first-order valence-electron chi connectivity index (χ1n) is 24.8. The van der Waals surface area contributed by atoms with Gasteiger partial charge < -0.3 is 0 Å². The van der Waals surface area contributed by atoms with Gasteiger partial charge in [-0.3, -0.25) is 0 Å². The van der Waals surface area contributed by atoms with E-state index in [2.05, 4.69) is 19.1 Å². The van der Waals surface area contributed by atoms with E-state index in [4.69, 9.17) is 50.1 Å². The molecule has 0 spiro atoms. The van der Waals surface area contributed by atoms with Gasteiger partial charge in [-0.2, -0.15) is 0 Å². The van der Waals surface area contributed by atoms with Gasteiger partial charge in [0.2, 0.25) is 0 Å². The van der Waals surface area contributed by atoms with E-state index in [1.807, 2.05) is 146 Å². The number of hydrogen-bond donors (Lipinski definition) is 2. The second-order valence-electron chi connectivity index (χ2n) is 16.9. The van der Waals surface area contributed by atoms with Crippen LogP contribution in [0.3, 0.4) is 0 Å². The van der Waals surface area contributed by atoms with Crippen LogP contribution in [0, 0.1) is 0 Å². The van der Waals surface area contributed by atoms with Gasteiger partial charge in [0.05, 0.1) is 0 Å². The molecule has 0 heterocycles. The van der Waals surface area contributed by atoms with Gasteiger partial charge in [0.1, 0.15) is 0 Å². The first-order valence-corrected chi connectivity index (χ1v) is 31.7. The van der Waals surface area contributed by atoms with Crippen LogP contribution in [-0.2, 0) is 0 Å². The van der Waals surface area contributed by atoms with Crippen molar-refractivity contribution in [2.24, 2.45) is 4.52 Å². The average Bonchev–Trinajstić information content (AvgIpc) is 1.92. The van der Waals surface area contributed by atoms with Crippen LogP contribution in [0.4, 0.5) is 0 Å². The van der Waals surface area contributed by atoms with Gasteiger partial charge in [-0.25, -0.2) is 0 Å². The van der Waals surface area contributed by atoms with Crippen LogP contribution in [0.5, 0.6) is 57.5 Å². The van der Waals surface area contributed by atoms with Gasteiger partial charge in [-0.05, 0) is 0 Å². The molecule has 0 bridgehead atoms. The molecule has 0 fully saturated rings. The zero-order chi connectivity index (χ0) is 54.0. The molecule has 14 nitrogen and oxygen atoms in total. The van der Waals surface area contributed by atoms with Crippen molar-refractivity contribution in [3.05, 3.63) is 303 Å². The molecule has 0 aliphatic rings. The number of benzene rings is 10. The van der Waals surface area contributed by atoms with E-state index in [9.17, 15) is 0 Å². The van der Waals surface area contributed by atoms with Crippen LogP contribution in [-0.4, -0.2) is 4.60 Å². The molecule has 10 aromatic carbocycles. The van der Waals surface area contributed by atoms with Crippen molar-refractivity contribution < 1.29 is 45.6 Å². The van der Waals surface area contributed by atoms with Crippen molar-refractivity contribution in [3.63, 3.8) is 0 Å². The molecule has 0 amide bonds. The van der Waals surface area contributed by atoms with Crippen molar-refractivity contribution in [1.82, 2.24) is 14.3 Å². The van der Waals surface area contributed by atoms with Crippen LogP contribution in [0.1, 0.15) is 0 Å². The fourth-order valence-corrected chi connectivity index (χ4v) is 21.6. The molecule has 0 aliphatic carbocycles. The van der Waals surface area contributed by atoms with Crippen LogP contribution in [0.25, 0.3) is 0 Å². The van der Waals surface area contributed by atoms with Crippen molar-refractivity contribution in [2.45, 2.75) is 0 Å². The molecular weight excluding hydrogens is 1090 g/mol. The molecule has 0 saturated carbocycles. The van der Waals surface area contributed by atoms with E-state index in [1.54, 1.807) is 158 Å². The number of nitrogens with zero attached hydrogens (tertiary/aromatic N) is 2. The van der Waals surface area contributed by atoms with Gasteiger partial charge in [-0.1, -0.05) is 0 Å². The van der Waals surface area contributed by atoms with Gasteiger partial charge >= 0.3 is 466 Å². The van der Waals surface area contributed by atoms with Crippen LogP contribution in [0.2, 0.25) is 0 Å². The minimum atomic E-state index is -6.78. The summed E-state index contributed by atoms with van der Waals surface area (Å²) in [6.07, 6.45) is 0. The predicted octanol–water partition coefficient (Wildman–Crippen LogP) is 17.7. The maximum absolute atomic E-state index is 7.96. The summed E-state index contributed by atoms with van der Waals surface area (Å²) < 4.78 is 76.6. The molecule has 0 aliphatic heterocycles. The Labute approximate surface area is 464 Å². The summed E-state index contributed by atoms with van der Waals surface area (Å²) in [5, 5.41) is 0. The quantitative estimate of drug-likeness (QED) is 0.0394. The van der Waals surface area contributed by atoms with E-state index in [-0.39, 0.29) is 57.5 Å². The van der Waals surface area contributed by atoms with Crippen LogP contribution in [0.15, 0.2) is 308 Å². The second-order valence-corrected chi connectivity index (χ2v) is 26.8. The van der Waals surface area contributed by atoms with Crippen molar-refractivity contribution in [2.75, 3.05) is 0 Å². The molecule has 400 valence electrons. The summed E-state index contributed by atoms with van der Waals surface area (Å²) in [5.74, 6) is 2.16. The monoisotopic (exact) mass is 1150 g/mol. The first-order chi connectivity index (χ1) is 38.8. The molecule has 0 radical (unpaired) electrons. The van der Waals surface area contributed by atoms with E-state index in [0.717, 1.165) is 0 Å². The zero-order valence-electron chi connectivity index (χ0n) is 42.3. The fourth-order valence-electron chi connectivity index (χ4n) is 7.74. The predicted molar refractivity (Wildman–Crippen MR) is 320 cm³/mol. The SMILES string of the molecule is PNPNP(Oc1ccccc1)(Oc1ccccc1)(Oc1ccccc1)N(Oc1ccccc1)P(N=P(Oc1ccccc1)(Oc1ccccc1)Oc1ccccc1)(Oc1ccccc1)(Oc1ccccc1)Oc1ccccc1. The Kier molecular flexibility index (Phi) is 17.4. The number of rotatable bonds is 26. The van der Waals surface area contributed by atoms with Crippen molar-refractivity contribution in [3.8, 4) is 57.5 Å². The van der Waals surface area contributed by atoms with Gasteiger partial charge in [-0.15, -0.1) is 0 Å². The summed E-state index contributed by atoms with van der Waals surface area (Å²) in [5.41, 5.74) is 0. The minimum absolute atomic E-state index is 0.150. The topological polar surface area (TPSA) is 132 Å².